The van der Waals surface area contributed by atoms with E-state index in [2.05, 4.69) is 5.10 Å². The normalized spacial score (nSPS) is 18.0. The van der Waals surface area contributed by atoms with E-state index in [1.807, 2.05) is 32.6 Å². The lowest BCUT2D eigenvalue weighted by molar-refractivity contribution is -0.133. The number of hydrogen-bond acceptors (Lipinski definition) is 6. The summed E-state index contributed by atoms with van der Waals surface area (Å²) >= 11 is 6.46. The van der Waals surface area contributed by atoms with E-state index in [4.69, 9.17) is 21.1 Å². The molecule has 0 aliphatic carbocycles. The molecule has 1 aliphatic heterocycles. The number of benzene rings is 1. The molecule has 0 N–H and O–H groups in total. The van der Waals surface area contributed by atoms with Crippen molar-refractivity contribution in [3.63, 3.8) is 0 Å². The largest absolute Gasteiger partial charge is 0.465 e. The Morgan fingerprint density at radius 3 is 2.36 bits per heavy atom. The second-order valence-corrected chi connectivity index (χ2v) is 8.42. The number of esters is 1. The van der Waals surface area contributed by atoms with Crippen LogP contribution in [0.2, 0.25) is 5.02 Å². The van der Waals surface area contributed by atoms with Gasteiger partial charge in [-0.05, 0) is 39.8 Å². The Balaban J connectivity index is 2.07. The highest BCUT2D eigenvalue weighted by Crippen LogP contribution is 2.33. The number of carbonyl (C=O) groups is 1. The van der Waals surface area contributed by atoms with Crippen LogP contribution in [0.5, 0.6) is 0 Å². The van der Waals surface area contributed by atoms with Crippen LogP contribution in [-0.2, 0) is 9.47 Å². The highest BCUT2D eigenvalue weighted by Gasteiger charge is 2.39. The van der Waals surface area contributed by atoms with Gasteiger partial charge >= 0.3 is 5.97 Å². The molecule has 150 valence electrons. The van der Waals surface area contributed by atoms with E-state index in [0.717, 1.165) is 4.68 Å². The van der Waals surface area contributed by atoms with Crippen molar-refractivity contribution in [1.82, 2.24) is 9.78 Å². The van der Waals surface area contributed by atoms with Gasteiger partial charge in [0.2, 0.25) is 0 Å². The van der Waals surface area contributed by atoms with Crippen molar-refractivity contribution in [2.75, 3.05) is 25.1 Å². The van der Waals surface area contributed by atoms with Gasteiger partial charge in [-0.25, -0.2) is 4.79 Å². The van der Waals surface area contributed by atoms with E-state index in [0.29, 0.717) is 24.5 Å². The molecule has 1 aromatic heterocycles. The zero-order valence-electron chi connectivity index (χ0n) is 16.7. The molecule has 28 heavy (non-hydrogen) atoms. The molecule has 1 aromatic carbocycles. The molecule has 0 amide bonds. The number of methoxy groups -OCH3 is 1. The van der Waals surface area contributed by atoms with E-state index in [-0.39, 0.29) is 10.6 Å². The molecule has 7 nitrogen and oxygen atoms in total. The van der Waals surface area contributed by atoms with Gasteiger partial charge in [-0.3, -0.25) is 4.79 Å². The first-order valence-electron chi connectivity index (χ1n) is 8.95. The number of rotatable bonds is 3. The first-order valence-corrected chi connectivity index (χ1v) is 9.33. The van der Waals surface area contributed by atoms with Crippen molar-refractivity contribution >= 4 is 23.3 Å². The van der Waals surface area contributed by atoms with E-state index >= 15 is 0 Å². The van der Waals surface area contributed by atoms with Gasteiger partial charge < -0.3 is 14.4 Å². The molecule has 0 radical (unpaired) electrons. The second kappa shape index (κ2) is 7.22. The molecule has 0 unspecified atom stereocenters. The molecule has 1 aliphatic rings. The average molecular weight is 406 g/mol. The maximum Gasteiger partial charge on any atom is 0.340 e. The van der Waals surface area contributed by atoms with Gasteiger partial charge in [0.05, 0.1) is 41.4 Å². The number of aromatic nitrogens is 2. The molecular formula is C20H24ClN3O4. The molecule has 0 bridgehead atoms. The predicted molar refractivity (Wildman–Crippen MR) is 108 cm³/mol. The van der Waals surface area contributed by atoms with Gasteiger partial charge in [0, 0.05) is 13.1 Å². The van der Waals surface area contributed by atoms with E-state index in [1.165, 1.54) is 7.11 Å². The lowest BCUT2D eigenvalue weighted by Gasteiger charge is -2.48. The summed E-state index contributed by atoms with van der Waals surface area (Å²) in [6, 6.07) is 6.60. The van der Waals surface area contributed by atoms with Gasteiger partial charge in [0.15, 0.2) is 0 Å². The van der Waals surface area contributed by atoms with Crippen LogP contribution < -0.4 is 10.5 Å². The summed E-state index contributed by atoms with van der Waals surface area (Å²) in [7, 11) is 1.29. The smallest absolute Gasteiger partial charge is 0.340 e. The van der Waals surface area contributed by atoms with Crippen LogP contribution in [0.1, 0.15) is 38.1 Å². The van der Waals surface area contributed by atoms with Crippen LogP contribution in [0.25, 0.3) is 5.69 Å². The van der Waals surface area contributed by atoms with Crippen molar-refractivity contribution in [2.24, 2.45) is 0 Å². The van der Waals surface area contributed by atoms with Crippen LogP contribution in [0.3, 0.4) is 0 Å². The van der Waals surface area contributed by atoms with E-state index in [1.54, 1.807) is 30.5 Å². The second-order valence-electron chi connectivity index (χ2n) is 8.05. The summed E-state index contributed by atoms with van der Waals surface area (Å²) in [6.07, 6.45) is 1.55. The topological polar surface area (TPSA) is 73.7 Å². The standard InChI is InChI=1S/C20H24ClN3O4/c1-19(2)11-23(12-20(3,4)28-19)15-10-22-24(17(25)16(15)21)14-9-7-6-8-13(14)18(26)27-5/h6-10H,11-12H2,1-5H3. The van der Waals surface area contributed by atoms with Crippen molar-refractivity contribution in [3.05, 3.63) is 51.4 Å². The Morgan fingerprint density at radius 1 is 1.14 bits per heavy atom. The lowest BCUT2D eigenvalue weighted by atomic mass is 9.98. The molecule has 0 saturated carbocycles. The Morgan fingerprint density at radius 2 is 1.75 bits per heavy atom. The summed E-state index contributed by atoms with van der Waals surface area (Å²) < 4.78 is 12.0. The van der Waals surface area contributed by atoms with Crippen LogP contribution >= 0.6 is 11.6 Å². The number of carbonyl (C=O) groups excluding carboxylic acids is 1. The SMILES string of the molecule is COC(=O)c1ccccc1-n1ncc(N2CC(C)(C)OC(C)(C)C2)c(Cl)c1=O. The Bertz CT molecular complexity index is 952. The minimum Gasteiger partial charge on any atom is -0.465 e. The summed E-state index contributed by atoms with van der Waals surface area (Å²) in [5.41, 5.74) is -0.220. The van der Waals surface area contributed by atoms with Gasteiger partial charge in [-0.15, -0.1) is 0 Å². The number of para-hydroxylation sites is 1. The third-order valence-corrected chi connectivity index (χ3v) is 4.83. The fraction of sp³-hybridized carbons (Fsp3) is 0.450. The number of morpholine rings is 1. The van der Waals surface area contributed by atoms with E-state index < -0.39 is 22.7 Å². The van der Waals surface area contributed by atoms with E-state index in [9.17, 15) is 9.59 Å². The van der Waals surface area contributed by atoms with Gasteiger partial charge in [0.25, 0.3) is 5.56 Å². The van der Waals surface area contributed by atoms with Crippen molar-refractivity contribution < 1.29 is 14.3 Å². The molecule has 8 heteroatoms. The van der Waals surface area contributed by atoms with Crippen LogP contribution in [0.4, 0.5) is 5.69 Å². The zero-order valence-corrected chi connectivity index (χ0v) is 17.4. The summed E-state index contributed by atoms with van der Waals surface area (Å²) in [5.74, 6) is -0.554. The van der Waals surface area contributed by atoms with Crippen molar-refractivity contribution in [2.45, 2.75) is 38.9 Å². The minimum atomic E-state index is -0.554. The average Bonchev–Trinajstić information content (AvgIpc) is 2.60. The fourth-order valence-corrected chi connectivity index (χ4v) is 3.96. The van der Waals surface area contributed by atoms with Gasteiger partial charge in [-0.1, -0.05) is 23.7 Å². The summed E-state index contributed by atoms with van der Waals surface area (Å²) in [4.78, 5) is 27.0. The van der Waals surface area contributed by atoms with Gasteiger partial charge in [0.1, 0.15) is 5.02 Å². The molecular weight excluding hydrogens is 382 g/mol. The zero-order chi connectivity index (χ0) is 20.7. The first kappa shape index (κ1) is 20.4. The number of nitrogens with zero attached hydrogens (tertiary/aromatic N) is 3. The Labute approximate surface area is 168 Å². The molecule has 2 aromatic rings. The highest BCUT2D eigenvalue weighted by molar-refractivity contribution is 6.33. The molecule has 2 heterocycles. The third-order valence-electron chi connectivity index (χ3n) is 4.47. The lowest BCUT2D eigenvalue weighted by Crippen LogP contribution is -2.57. The first-order chi connectivity index (χ1) is 13.0. The highest BCUT2D eigenvalue weighted by atomic mass is 35.5. The van der Waals surface area contributed by atoms with Crippen LogP contribution in [0, 0.1) is 0 Å². The molecule has 0 atom stereocenters. The number of halogens is 1. The maximum atomic E-state index is 13.0. The molecule has 1 saturated heterocycles. The minimum absolute atomic E-state index is 0.0446. The van der Waals surface area contributed by atoms with Crippen molar-refractivity contribution in [3.8, 4) is 5.69 Å². The monoisotopic (exact) mass is 405 g/mol. The maximum absolute atomic E-state index is 13.0. The Kier molecular flexibility index (Phi) is 5.25. The Hall–Kier alpha value is -2.38. The van der Waals surface area contributed by atoms with Crippen LogP contribution in [-0.4, -0.2) is 47.2 Å². The van der Waals surface area contributed by atoms with Crippen molar-refractivity contribution in [1.29, 1.82) is 0 Å². The molecule has 3 rings (SSSR count). The number of hydrogen-bond donors (Lipinski definition) is 0. The molecule has 1 fully saturated rings. The predicted octanol–water partition coefficient (Wildman–Crippen LogP) is 3.07. The van der Waals surface area contributed by atoms with Crippen LogP contribution in [0.15, 0.2) is 35.3 Å². The number of anilines is 1. The van der Waals surface area contributed by atoms with Gasteiger partial charge in [-0.2, -0.15) is 9.78 Å². The fourth-order valence-electron chi connectivity index (χ4n) is 3.72. The molecule has 0 spiro atoms. The number of ether oxygens (including phenoxy) is 2. The summed E-state index contributed by atoms with van der Waals surface area (Å²) in [5, 5.41) is 4.33. The third kappa shape index (κ3) is 3.91. The summed E-state index contributed by atoms with van der Waals surface area (Å²) in [6.45, 7) is 9.12. The quantitative estimate of drug-likeness (QED) is 0.730.